The third-order valence-electron chi connectivity index (χ3n) is 16.2. The Morgan fingerprint density at radius 3 is 1.72 bits per heavy atom. The maximum atomic E-state index is 4.02. The zero-order valence-corrected chi connectivity index (χ0v) is 38.5. The van der Waals surface area contributed by atoms with Gasteiger partial charge in [-0.25, -0.2) is 0 Å². The lowest BCUT2D eigenvalue weighted by Gasteiger charge is -2.27. The molecule has 1 N–H and O–H groups in total. The first-order valence-electron chi connectivity index (χ1n) is 23.3. The number of anilines is 2. The Labute approximate surface area is 378 Å². The first-order valence-corrected chi connectivity index (χ1v) is 23.3. The van der Waals surface area contributed by atoms with Gasteiger partial charge in [0.25, 0.3) is 0 Å². The molecule has 9 aromatic rings. The Kier molecular flexibility index (Phi) is 7.33. The maximum absolute atomic E-state index is 4.02. The molecule has 0 amide bonds. The molecule has 0 atom stereocenters. The molecule has 2 nitrogen and oxygen atoms in total. The van der Waals surface area contributed by atoms with Crippen LogP contribution in [0.15, 0.2) is 146 Å². The fourth-order valence-corrected chi connectivity index (χ4v) is 12.7. The van der Waals surface area contributed by atoms with E-state index in [1.165, 1.54) is 122 Å². The summed E-state index contributed by atoms with van der Waals surface area (Å²) in [6.45, 7) is 21.3. The van der Waals surface area contributed by atoms with Gasteiger partial charge in [-0.15, -0.1) is 0 Å². The summed E-state index contributed by atoms with van der Waals surface area (Å²) in [6, 6.07) is 56.3. The zero-order valence-electron chi connectivity index (χ0n) is 38.5. The molecule has 0 saturated heterocycles. The van der Waals surface area contributed by atoms with Crippen LogP contribution in [-0.2, 0) is 21.7 Å². The van der Waals surface area contributed by atoms with Gasteiger partial charge >= 0.3 is 0 Å². The quantitative estimate of drug-likeness (QED) is 0.176. The van der Waals surface area contributed by atoms with Crippen LogP contribution in [0.25, 0.3) is 72.0 Å². The lowest BCUT2D eigenvalue weighted by Crippen LogP contribution is -2.38. The predicted molar refractivity (Wildman–Crippen MR) is 274 cm³/mol. The fraction of sp³-hybridized carbons (Fsp3) is 0.213. The van der Waals surface area contributed by atoms with E-state index < -0.39 is 0 Å². The summed E-state index contributed by atoms with van der Waals surface area (Å²) in [7, 11) is 0.848. The largest absolute Gasteiger partial charge is 0.355 e. The summed E-state index contributed by atoms with van der Waals surface area (Å²) in [5.41, 5.74) is 29.2. The second-order valence-corrected chi connectivity index (χ2v) is 21.8. The van der Waals surface area contributed by atoms with Crippen molar-refractivity contribution in [2.75, 3.05) is 5.32 Å². The van der Waals surface area contributed by atoms with Gasteiger partial charge in [-0.05, 0) is 125 Å². The number of hydrogen-bond donors (Lipinski definition) is 1. The van der Waals surface area contributed by atoms with Crippen LogP contribution < -0.4 is 16.2 Å². The number of hydrogen-bond acceptors (Lipinski definition) is 1. The van der Waals surface area contributed by atoms with Crippen LogP contribution in [0.5, 0.6) is 0 Å². The maximum Gasteiger partial charge on any atom is 0.198 e. The van der Waals surface area contributed by atoms with Gasteiger partial charge in [0.15, 0.2) is 7.28 Å². The van der Waals surface area contributed by atoms with Crippen LogP contribution in [0.3, 0.4) is 0 Å². The second kappa shape index (κ2) is 12.4. The van der Waals surface area contributed by atoms with Crippen LogP contribution >= 0.6 is 0 Å². The van der Waals surface area contributed by atoms with Crippen molar-refractivity contribution in [2.45, 2.75) is 84.0 Å². The van der Waals surface area contributed by atoms with E-state index in [0.29, 0.717) is 0 Å². The molecule has 0 spiro atoms. The summed E-state index contributed by atoms with van der Waals surface area (Å²) in [5.74, 6) is 0. The van der Waals surface area contributed by atoms with E-state index in [1.807, 2.05) is 0 Å². The molecule has 1 aliphatic heterocycles. The average molecular weight is 825 g/mol. The van der Waals surface area contributed by atoms with Crippen LogP contribution in [0.2, 0.25) is 0 Å². The van der Waals surface area contributed by atoms with Crippen molar-refractivity contribution in [3.63, 3.8) is 0 Å². The Hall–Kier alpha value is -6.58. The number of aromatic nitrogens is 1. The SMILES string of the molecule is CC(C)(C)c1ccc(Nc2cc3c(cc2-c2ccc4c5c6c(ccc5n5c4c2Bc2cc4c(cc2-5)-c2ccccc2C4(C)C)C(C)(C)c2ccccc2-6)-c2ccccc2C3(C)C)cc1. The minimum Gasteiger partial charge on any atom is -0.355 e. The van der Waals surface area contributed by atoms with E-state index >= 15 is 0 Å². The van der Waals surface area contributed by atoms with Crippen molar-refractivity contribution >= 4 is 51.4 Å². The summed E-state index contributed by atoms with van der Waals surface area (Å²) < 4.78 is 2.66. The summed E-state index contributed by atoms with van der Waals surface area (Å²) in [4.78, 5) is 0. The number of nitrogens with zero attached hydrogens (tertiary/aromatic N) is 1. The minimum atomic E-state index is -0.129. The standard InChI is InChI=1S/C61H53BN2/c1-58(2,3)34-22-24-35(25-23-34)63-51-33-49-41(36-16-10-13-19-44(36)61(49,8)9)30-43(51)38-26-27-40-55-52(29-28-47-54(55)39-18-12-15-21-46(39)59(47,4)5)64-53-31-42-37-17-11-14-20-45(37)60(6,7)48(42)32-50(53)62-56(38)57(40)64/h10-33,62-63H,1-9H3. The smallest absolute Gasteiger partial charge is 0.198 e. The molecular weight excluding hydrogens is 771 g/mol. The van der Waals surface area contributed by atoms with Crippen molar-refractivity contribution in [2.24, 2.45) is 0 Å². The van der Waals surface area contributed by atoms with Crippen LogP contribution in [0.1, 0.15) is 101 Å². The first-order chi connectivity index (χ1) is 30.6. The summed E-state index contributed by atoms with van der Waals surface area (Å²) in [6.07, 6.45) is 0. The Morgan fingerprint density at radius 1 is 0.484 bits per heavy atom. The molecule has 0 radical (unpaired) electrons. The zero-order chi connectivity index (χ0) is 43.8. The average Bonchev–Trinajstić information content (AvgIpc) is 3.90. The number of benzene rings is 8. The molecule has 8 aromatic carbocycles. The molecule has 64 heavy (non-hydrogen) atoms. The molecule has 3 aliphatic carbocycles. The van der Waals surface area contributed by atoms with Crippen LogP contribution in [0.4, 0.5) is 11.4 Å². The molecule has 4 aliphatic rings. The van der Waals surface area contributed by atoms with Gasteiger partial charge < -0.3 is 9.88 Å². The van der Waals surface area contributed by atoms with Crippen LogP contribution in [0, 0.1) is 0 Å². The number of nitrogens with one attached hydrogen (secondary N) is 1. The third-order valence-corrected chi connectivity index (χ3v) is 16.2. The Morgan fingerprint density at radius 2 is 1.06 bits per heavy atom. The summed E-state index contributed by atoms with van der Waals surface area (Å²) >= 11 is 0. The highest BCUT2D eigenvalue weighted by Gasteiger charge is 2.41. The topological polar surface area (TPSA) is 17.0 Å². The molecule has 0 bridgehead atoms. The van der Waals surface area contributed by atoms with Gasteiger partial charge in [-0.1, -0.05) is 177 Å². The first kappa shape index (κ1) is 37.9. The predicted octanol–water partition coefficient (Wildman–Crippen LogP) is 14.1. The lowest BCUT2D eigenvalue weighted by atomic mass is 9.58. The van der Waals surface area contributed by atoms with Gasteiger partial charge in [-0.2, -0.15) is 0 Å². The molecule has 3 heteroatoms. The van der Waals surface area contributed by atoms with E-state index in [1.54, 1.807) is 0 Å². The van der Waals surface area contributed by atoms with E-state index in [9.17, 15) is 0 Å². The highest BCUT2D eigenvalue weighted by Crippen LogP contribution is 2.56. The molecule has 0 fully saturated rings. The number of rotatable bonds is 3. The summed E-state index contributed by atoms with van der Waals surface area (Å²) in [5, 5.41) is 6.73. The van der Waals surface area contributed by atoms with E-state index in [4.69, 9.17) is 0 Å². The van der Waals surface area contributed by atoms with Gasteiger partial charge in [0.05, 0.1) is 5.52 Å². The molecule has 1 aromatic heterocycles. The van der Waals surface area contributed by atoms with Gasteiger partial charge in [0.1, 0.15) is 0 Å². The van der Waals surface area contributed by atoms with Crippen molar-refractivity contribution in [1.82, 2.24) is 4.57 Å². The third kappa shape index (κ3) is 4.83. The van der Waals surface area contributed by atoms with Gasteiger partial charge in [0.2, 0.25) is 0 Å². The molecule has 0 unspecified atom stereocenters. The highest BCUT2D eigenvalue weighted by molar-refractivity contribution is 6.73. The molecule has 0 saturated carbocycles. The van der Waals surface area contributed by atoms with Gasteiger partial charge in [-0.3, -0.25) is 0 Å². The molecule has 2 heterocycles. The van der Waals surface area contributed by atoms with Gasteiger partial charge in [0, 0.05) is 55.2 Å². The molecule has 13 rings (SSSR count). The molecule has 310 valence electrons. The lowest BCUT2D eigenvalue weighted by molar-refractivity contribution is 0.590. The van der Waals surface area contributed by atoms with Crippen LogP contribution in [-0.4, -0.2) is 11.8 Å². The second-order valence-electron chi connectivity index (χ2n) is 21.8. The Balaban J connectivity index is 1.12. The van der Waals surface area contributed by atoms with E-state index in [2.05, 4.69) is 218 Å². The normalized spacial score (nSPS) is 16.1. The minimum absolute atomic E-state index is 0.0793. The van der Waals surface area contributed by atoms with Crippen molar-refractivity contribution in [3.8, 4) is 50.2 Å². The molecular formula is C61H53BN2. The fourth-order valence-electron chi connectivity index (χ4n) is 12.7. The monoisotopic (exact) mass is 824 g/mol. The Bertz CT molecular complexity index is 3550. The highest BCUT2D eigenvalue weighted by atomic mass is 15.0. The van der Waals surface area contributed by atoms with Crippen molar-refractivity contribution in [1.29, 1.82) is 0 Å². The van der Waals surface area contributed by atoms with E-state index in [0.717, 1.165) is 18.7 Å². The number of fused-ring (bicyclic) bond motifs is 15. The van der Waals surface area contributed by atoms with Crippen molar-refractivity contribution < 1.29 is 0 Å². The van der Waals surface area contributed by atoms with E-state index in [-0.39, 0.29) is 21.7 Å². The van der Waals surface area contributed by atoms with Crippen molar-refractivity contribution in [3.05, 3.63) is 185 Å².